The molecular weight excluding hydrogens is 314 g/mol. The number of piperidine rings is 1. The Bertz CT molecular complexity index is 481. The number of anilines is 1. The summed E-state index contributed by atoms with van der Waals surface area (Å²) in [6.07, 6.45) is 5.15. The standard InChI is InChI=1S/C16H22BrN3/c1-13-5-2-3-9-20(13)10-4-8-19-16-11-15(17)7-6-14(16)12-18/h6-7,11,13,19H,2-5,8-10H2,1H3. The molecule has 1 aliphatic rings. The quantitative estimate of drug-likeness (QED) is 0.826. The number of nitriles is 1. The average Bonchev–Trinajstić information content (AvgIpc) is 2.45. The van der Waals surface area contributed by atoms with E-state index in [-0.39, 0.29) is 0 Å². The third-order valence-corrected chi connectivity index (χ3v) is 4.47. The molecule has 2 rings (SSSR count). The fourth-order valence-corrected chi connectivity index (χ4v) is 3.12. The van der Waals surface area contributed by atoms with Gasteiger partial charge < -0.3 is 10.2 Å². The van der Waals surface area contributed by atoms with E-state index in [0.717, 1.165) is 35.7 Å². The molecule has 4 heteroatoms. The van der Waals surface area contributed by atoms with Crippen molar-refractivity contribution in [2.75, 3.05) is 25.0 Å². The molecule has 1 fully saturated rings. The largest absolute Gasteiger partial charge is 0.384 e. The molecule has 20 heavy (non-hydrogen) atoms. The van der Waals surface area contributed by atoms with Crippen LogP contribution in [-0.2, 0) is 0 Å². The second kappa shape index (κ2) is 7.66. The van der Waals surface area contributed by atoms with Crippen molar-refractivity contribution in [3.05, 3.63) is 28.2 Å². The van der Waals surface area contributed by atoms with E-state index in [1.165, 1.54) is 25.8 Å². The van der Waals surface area contributed by atoms with E-state index in [1.54, 1.807) is 0 Å². The Morgan fingerprint density at radius 1 is 1.45 bits per heavy atom. The summed E-state index contributed by atoms with van der Waals surface area (Å²) < 4.78 is 1.00. The van der Waals surface area contributed by atoms with Crippen molar-refractivity contribution >= 4 is 21.6 Å². The van der Waals surface area contributed by atoms with E-state index < -0.39 is 0 Å². The Labute approximate surface area is 130 Å². The van der Waals surface area contributed by atoms with Gasteiger partial charge in [-0.3, -0.25) is 0 Å². The van der Waals surface area contributed by atoms with Gasteiger partial charge in [0.1, 0.15) is 6.07 Å². The summed E-state index contributed by atoms with van der Waals surface area (Å²) in [4.78, 5) is 2.58. The van der Waals surface area contributed by atoms with Gasteiger partial charge >= 0.3 is 0 Å². The van der Waals surface area contributed by atoms with Gasteiger partial charge in [0, 0.05) is 23.6 Å². The zero-order valence-electron chi connectivity index (χ0n) is 12.0. The molecule has 1 aromatic rings. The zero-order chi connectivity index (χ0) is 14.4. The predicted molar refractivity (Wildman–Crippen MR) is 86.8 cm³/mol. The molecule has 1 N–H and O–H groups in total. The van der Waals surface area contributed by atoms with E-state index in [1.807, 2.05) is 18.2 Å². The Morgan fingerprint density at radius 3 is 3.05 bits per heavy atom. The third-order valence-electron chi connectivity index (χ3n) is 3.98. The maximum atomic E-state index is 9.09. The van der Waals surface area contributed by atoms with E-state index in [0.29, 0.717) is 5.56 Å². The lowest BCUT2D eigenvalue weighted by molar-refractivity contribution is 0.160. The maximum absolute atomic E-state index is 9.09. The van der Waals surface area contributed by atoms with E-state index in [2.05, 4.69) is 39.1 Å². The molecule has 1 atom stereocenters. The number of rotatable bonds is 5. The second-order valence-electron chi connectivity index (χ2n) is 5.46. The van der Waals surface area contributed by atoms with Crippen LogP contribution in [0, 0.1) is 11.3 Å². The first-order valence-corrected chi connectivity index (χ1v) is 8.17. The molecule has 1 aromatic carbocycles. The number of halogens is 1. The Kier molecular flexibility index (Phi) is 5.87. The Morgan fingerprint density at radius 2 is 2.30 bits per heavy atom. The summed E-state index contributed by atoms with van der Waals surface area (Å²) in [7, 11) is 0. The molecule has 0 saturated carbocycles. The van der Waals surface area contributed by atoms with Crippen LogP contribution in [-0.4, -0.2) is 30.6 Å². The number of nitrogens with one attached hydrogen (secondary N) is 1. The van der Waals surface area contributed by atoms with Gasteiger partial charge in [0.15, 0.2) is 0 Å². The molecule has 3 nitrogen and oxygen atoms in total. The Balaban J connectivity index is 1.78. The fraction of sp³-hybridized carbons (Fsp3) is 0.562. The van der Waals surface area contributed by atoms with Gasteiger partial charge in [0.05, 0.1) is 11.3 Å². The highest BCUT2D eigenvalue weighted by molar-refractivity contribution is 9.10. The first-order chi connectivity index (χ1) is 9.70. The van der Waals surface area contributed by atoms with Crippen LogP contribution in [0.1, 0.15) is 38.2 Å². The lowest BCUT2D eigenvalue weighted by Gasteiger charge is -2.33. The van der Waals surface area contributed by atoms with Crippen LogP contribution in [0.4, 0.5) is 5.69 Å². The van der Waals surface area contributed by atoms with Crippen molar-refractivity contribution in [3.8, 4) is 6.07 Å². The average molecular weight is 336 g/mol. The molecule has 1 heterocycles. The zero-order valence-corrected chi connectivity index (χ0v) is 13.6. The number of hydrogen-bond donors (Lipinski definition) is 1. The summed E-state index contributed by atoms with van der Waals surface area (Å²) in [5.74, 6) is 0. The maximum Gasteiger partial charge on any atom is 0.101 e. The minimum absolute atomic E-state index is 0.708. The molecule has 0 bridgehead atoms. The van der Waals surface area contributed by atoms with E-state index in [9.17, 15) is 0 Å². The first kappa shape index (κ1) is 15.3. The molecule has 108 valence electrons. The van der Waals surface area contributed by atoms with Crippen LogP contribution in [0.2, 0.25) is 0 Å². The molecule has 0 aliphatic carbocycles. The van der Waals surface area contributed by atoms with Crippen molar-refractivity contribution in [1.82, 2.24) is 4.90 Å². The van der Waals surface area contributed by atoms with Gasteiger partial charge in [0.25, 0.3) is 0 Å². The van der Waals surface area contributed by atoms with Gasteiger partial charge in [-0.15, -0.1) is 0 Å². The van der Waals surface area contributed by atoms with Gasteiger partial charge in [-0.2, -0.15) is 5.26 Å². The van der Waals surface area contributed by atoms with Crippen LogP contribution in [0.3, 0.4) is 0 Å². The number of hydrogen-bond acceptors (Lipinski definition) is 3. The topological polar surface area (TPSA) is 39.1 Å². The summed E-state index contributed by atoms with van der Waals surface area (Å²) in [6, 6.07) is 8.68. The molecule has 1 saturated heterocycles. The normalized spacial score (nSPS) is 19.6. The van der Waals surface area contributed by atoms with Crippen LogP contribution in [0.15, 0.2) is 22.7 Å². The van der Waals surface area contributed by atoms with E-state index in [4.69, 9.17) is 5.26 Å². The molecule has 1 aliphatic heterocycles. The number of likely N-dealkylation sites (tertiary alicyclic amines) is 1. The monoisotopic (exact) mass is 335 g/mol. The van der Waals surface area contributed by atoms with Gasteiger partial charge in [-0.05, 0) is 50.9 Å². The summed E-state index contributed by atoms with van der Waals surface area (Å²) in [5, 5.41) is 12.5. The lowest BCUT2D eigenvalue weighted by atomic mass is 10.0. The van der Waals surface area contributed by atoms with Gasteiger partial charge in [-0.1, -0.05) is 22.4 Å². The molecular formula is C16H22BrN3. The van der Waals surface area contributed by atoms with Crippen LogP contribution in [0.25, 0.3) is 0 Å². The molecule has 1 unspecified atom stereocenters. The van der Waals surface area contributed by atoms with Crippen molar-refractivity contribution < 1.29 is 0 Å². The highest BCUT2D eigenvalue weighted by Crippen LogP contribution is 2.21. The van der Waals surface area contributed by atoms with E-state index >= 15 is 0 Å². The molecule has 0 spiro atoms. The molecule has 0 aromatic heterocycles. The van der Waals surface area contributed by atoms with Crippen molar-refractivity contribution in [2.45, 2.75) is 38.6 Å². The summed E-state index contributed by atoms with van der Waals surface area (Å²) in [5.41, 5.74) is 1.63. The van der Waals surface area contributed by atoms with Crippen LogP contribution in [0.5, 0.6) is 0 Å². The Hall–Kier alpha value is -1.05. The minimum Gasteiger partial charge on any atom is -0.384 e. The SMILES string of the molecule is CC1CCCCN1CCCNc1cc(Br)ccc1C#N. The summed E-state index contributed by atoms with van der Waals surface area (Å²) >= 11 is 3.45. The van der Waals surface area contributed by atoms with Crippen molar-refractivity contribution in [1.29, 1.82) is 5.26 Å². The predicted octanol–water partition coefficient (Wildman–Crippen LogP) is 4.00. The second-order valence-corrected chi connectivity index (χ2v) is 6.38. The third kappa shape index (κ3) is 4.22. The number of benzene rings is 1. The lowest BCUT2D eigenvalue weighted by Crippen LogP contribution is -2.38. The smallest absolute Gasteiger partial charge is 0.101 e. The van der Waals surface area contributed by atoms with Crippen LogP contribution >= 0.6 is 15.9 Å². The summed E-state index contributed by atoms with van der Waals surface area (Å²) in [6.45, 7) is 5.62. The number of nitrogens with zero attached hydrogens (tertiary/aromatic N) is 2. The first-order valence-electron chi connectivity index (χ1n) is 7.38. The minimum atomic E-state index is 0.708. The van der Waals surface area contributed by atoms with Crippen molar-refractivity contribution in [3.63, 3.8) is 0 Å². The van der Waals surface area contributed by atoms with Gasteiger partial charge in [-0.25, -0.2) is 0 Å². The highest BCUT2D eigenvalue weighted by Gasteiger charge is 2.17. The molecule has 0 amide bonds. The van der Waals surface area contributed by atoms with Gasteiger partial charge in [0.2, 0.25) is 0 Å². The molecule has 0 radical (unpaired) electrons. The fourth-order valence-electron chi connectivity index (χ4n) is 2.76. The highest BCUT2D eigenvalue weighted by atomic mass is 79.9. The van der Waals surface area contributed by atoms with Crippen LogP contribution < -0.4 is 5.32 Å². The van der Waals surface area contributed by atoms with Crippen molar-refractivity contribution in [2.24, 2.45) is 0 Å².